The lowest BCUT2D eigenvalue weighted by molar-refractivity contribution is 0.206. The molecule has 2 rings (SSSR count). The number of nitrogens with zero attached hydrogens (tertiary/aromatic N) is 3. The monoisotopic (exact) mass is 287 g/mol. The summed E-state index contributed by atoms with van der Waals surface area (Å²) in [5, 5.41) is 9.67. The molecule has 0 aliphatic heterocycles. The van der Waals surface area contributed by atoms with Crippen LogP contribution in [0.25, 0.3) is 0 Å². The highest BCUT2D eigenvalue weighted by molar-refractivity contribution is 5.73. The van der Waals surface area contributed by atoms with Gasteiger partial charge in [-0.3, -0.25) is 5.10 Å². The van der Waals surface area contributed by atoms with E-state index in [9.17, 15) is 4.79 Å². The van der Waals surface area contributed by atoms with Gasteiger partial charge in [0.2, 0.25) is 0 Å². The van der Waals surface area contributed by atoms with Gasteiger partial charge in [-0.15, -0.1) is 0 Å². The quantitative estimate of drug-likeness (QED) is 0.883. The molecule has 2 aromatic rings. The molecule has 0 atom stereocenters. The summed E-state index contributed by atoms with van der Waals surface area (Å²) >= 11 is 0. The van der Waals surface area contributed by atoms with Crippen molar-refractivity contribution in [2.24, 2.45) is 0 Å². The highest BCUT2D eigenvalue weighted by Crippen LogP contribution is 2.06. The van der Waals surface area contributed by atoms with Crippen molar-refractivity contribution in [2.75, 3.05) is 7.05 Å². The van der Waals surface area contributed by atoms with Crippen molar-refractivity contribution in [3.05, 3.63) is 47.0 Å². The molecular formula is C15H21N5O. The second-order valence-corrected chi connectivity index (χ2v) is 5.05. The van der Waals surface area contributed by atoms with E-state index in [1.807, 2.05) is 38.1 Å². The van der Waals surface area contributed by atoms with Gasteiger partial charge in [-0.2, -0.15) is 5.10 Å². The average Bonchev–Trinajstić information content (AvgIpc) is 2.95. The van der Waals surface area contributed by atoms with E-state index in [1.54, 1.807) is 11.9 Å². The molecule has 6 heteroatoms. The molecule has 1 aromatic heterocycles. The molecule has 0 spiro atoms. The largest absolute Gasteiger partial charge is 0.331 e. The third kappa shape index (κ3) is 4.30. The van der Waals surface area contributed by atoms with E-state index in [1.165, 1.54) is 5.56 Å². The third-order valence-corrected chi connectivity index (χ3v) is 3.19. The topological polar surface area (TPSA) is 73.9 Å². The minimum Gasteiger partial charge on any atom is -0.331 e. The molecule has 21 heavy (non-hydrogen) atoms. The Hall–Kier alpha value is -2.37. The van der Waals surface area contributed by atoms with E-state index >= 15 is 0 Å². The first-order valence-electron chi connectivity index (χ1n) is 7.03. The first-order valence-corrected chi connectivity index (χ1v) is 7.03. The van der Waals surface area contributed by atoms with Crippen LogP contribution in [0.4, 0.5) is 4.79 Å². The summed E-state index contributed by atoms with van der Waals surface area (Å²) in [6.45, 7) is 4.95. The first kappa shape index (κ1) is 15.0. The number of hydrogen-bond donors (Lipinski definition) is 2. The third-order valence-electron chi connectivity index (χ3n) is 3.19. The Morgan fingerprint density at radius 3 is 2.67 bits per heavy atom. The number of H-pyrrole nitrogens is 1. The predicted octanol–water partition coefficient (Wildman–Crippen LogP) is 2.02. The summed E-state index contributed by atoms with van der Waals surface area (Å²) in [5.74, 6) is 1.43. The normalized spacial score (nSPS) is 10.4. The van der Waals surface area contributed by atoms with Crippen molar-refractivity contribution < 1.29 is 4.79 Å². The van der Waals surface area contributed by atoms with Crippen LogP contribution in [-0.2, 0) is 19.5 Å². The van der Waals surface area contributed by atoms with Gasteiger partial charge in [-0.1, -0.05) is 36.8 Å². The van der Waals surface area contributed by atoms with Gasteiger partial charge in [0.1, 0.15) is 5.82 Å². The molecule has 2 amide bonds. The summed E-state index contributed by atoms with van der Waals surface area (Å²) < 4.78 is 0. The lowest BCUT2D eigenvalue weighted by atomic mass is 10.1. The van der Waals surface area contributed by atoms with Crippen LogP contribution in [-0.4, -0.2) is 33.2 Å². The maximum Gasteiger partial charge on any atom is 0.317 e. The molecule has 0 fully saturated rings. The van der Waals surface area contributed by atoms with Crippen LogP contribution in [0.3, 0.4) is 0 Å². The Labute approximate surface area is 124 Å². The molecule has 0 unspecified atom stereocenters. The van der Waals surface area contributed by atoms with Gasteiger partial charge in [0.05, 0.1) is 6.54 Å². The van der Waals surface area contributed by atoms with Gasteiger partial charge >= 0.3 is 6.03 Å². The standard InChI is InChI=1S/C15H21N5O/c1-4-13-17-14(19-18-13)9-16-15(21)20(3)10-12-7-5-11(2)6-8-12/h5-8H,4,9-10H2,1-3H3,(H,16,21)(H,17,18,19). The zero-order valence-electron chi connectivity index (χ0n) is 12.7. The summed E-state index contributed by atoms with van der Waals surface area (Å²) in [6.07, 6.45) is 0.776. The lowest BCUT2D eigenvalue weighted by Crippen LogP contribution is -2.36. The van der Waals surface area contributed by atoms with E-state index < -0.39 is 0 Å². The van der Waals surface area contributed by atoms with Crippen LogP contribution in [0.5, 0.6) is 0 Å². The molecule has 0 saturated heterocycles. The van der Waals surface area contributed by atoms with Crippen LogP contribution in [0, 0.1) is 6.92 Å². The number of aromatic nitrogens is 3. The predicted molar refractivity (Wildman–Crippen MR) is 80.6 cm³/mol. The highest BCUT2D eigenvalue weighted by atomic mass is 16.2. The Kier molecular flexibility index (Phi) is 4.92. The number of nitrogens with one attached hydrogen (secondary N) is 2. The molecule has 1 heterocycles. The van der Waals surface area contributed by atoms with Gasteiger partial charge in [-0.25, -0.2) is 9.78 Å². The van der Waals surface area contributed by atoms with Crippen molar-refractivity contribution in [1.82, 2.24) is 25.4 Å². The minimum atomic E-state index is -0.134. The zero-order chi connectivity index (χ0) is 15.2. The second-order valence-electron chi connectivity index (χ2n) is 5.05. The molecule has 2 N–H and O–H groups in total. The summed E-state index contributed by atoms with van der Waals surface area (Å²) in [5.41, 5.74) is 2.31. The number of carbonyl (C=O) groups excluding carboxylic acids is 1. The number of aryl methyl sites for hydroxylation is 2. The van der Waals surface area contributed by atoms with Crippen LogP contribution >= 0.6 is 0 Å². The number of aromatic amines is 1. The number of hydrogen-bond acceptors (Lipinski definition) is 3. The number of urea groups is 1. The Bertz CT molecular complexity index is 590. The van der Waals surface area contributed by atoms with Gasteiger partial charge in [0, 0.05) is 20.0 Å². The maximum atomic E-state index is 12.0. The molecule has 0 saturated carbocycles. The summed E-state index contributed by atoms with van der Waals surface area (Å²) in [6, 6.07) is 8.01. The smallest absolute Gasteiger partial charge is 0.317 e. The fourth-order valence-electron chi connectivity index (χ4n) is 1.91. The van der Waals surface area contributed by atoms with Gasteiger partial charge < -0.3 is 10.2 Å². The number of amides is 2. The molecule has 6 nitrogen and oxygen atoms in total. The fourth-order valence-corrected chi connectivity index (χ4v) is 1.91. The average molecular weight is 287 g/mol. The molecule has 0 bridgehead atoms. The van der Waals surface area contributed by atoms with Crippen molar-refractivity contribution >= 4 is 6.03 Å². The van der Waals surface area contributed by atoms with Crippen molar-refractivity contribution in [2.45, 2.75) is 33.4 Å². The van der Waals surface area contributed by atoms with Crippen molar-refractivity contribution in [3.63, 3.8) is 0 Å². The SMILES string of the molecule is CCc1n[nH]c(CNC(=O)N(C)Cc2ccc(C)cc2)n1. The Morgan fingerprint density at radius 1 is 1.33 bits per heavy atom. The molecule has 112 valence electrons. The van der Waals surface area contributed by atoms with E-state index in [2.05, 4.69) is 20.5 Å². The van der Waals surface area contributed by atoms with Crippen molar-refractivity contribution in [1.29, 1.82) is 0 Å². The van der Waals surface area contributed by atoms with E-state index in [0.29, 0.717) is 18.9 Å². The van der Waals surface area contributed by atoms with Gasteiger partial charge in [0.15, 0.2) is 5.82 Å². The maximum absolute atomic E-state index is 12.0. The molecule has 0 aliphatic rings. The molecule has 0 radical (unpaired) electrons. The molecule has 1 aromatic carbocycles. The minimum absolute atomic E-state index is 0.134. The number of rotatable bonds is 5. The lowest BCUT2D eigenvalue weighted by Gasteiger charge is -2.17. The van der Waals surface area contributed by atoms with E-state index in [0.717, 1.165) is 17.8 Å². The number of benzene rings is 1. The van der Waals surface area contributed by atoms with Crippen LogP contribution in [0.1, 0.15) is 29.7 Å². The number of carbonyl (C=O) groups is 1. The molecule has 0 aliphatic carbocycles. The van der Waals surface area contributed by atoms with Crippen LogP contribution in [0.2, 0.25) is 0 Å². The first-order chi connectivity index (χ1) is 10.1. The Morgan fingerprint density at radius 2 is 2.05 bits per heavy atom. The highest BCUT2D eigenvalue weighted by Gasteiger charge is 2.10. The van der Waals surface area contributed by atoms with Gasteiger partial charge in [0.25, 0.3) is 0 Å². The summed E-state index contributed by atoms with van der Waals surface area (Å²) in [7, 11) is 1.77. The van der Waals surface area contributed by atoms with Crippen molar-refractivity contribution in [3.8, 4) is 0 Å². The van der Waals surface area contributed by atoms with Crippen LogP contribution < -0.4 is 5.32 Å². The Balaban J connectivity index is 1.83. The summed E-state index contributed by atoms with van der Waals surface area (Å²) in [4.78, 5) is 17.9. The second kappa shape index (κ2) is 6.88. The fraction of sp³-hybridized carbons (Fsp3) is 0.400. The van der Waals surface area contributed by atoms with E-state index in [4.69, 9.17) is 0 Å². The van der Waals surface area contributed by atoms with Gasteiger partial charge in [-0.05, 0) is 12.5 Å². The zero-order valence-corrected chi connectivity index (χ0v) is 12.7. The molecular weight excluding hydrogens is 266 g/mol. The van der Waals surface area contributed by atoms with Crippen LogP contribution in [0.15, 0.2) is 24.3 Å². The van der Waals surface area contributed by atoms with E-state index in [-0.39, 0.29) is 6.03 Å².